The van der Waals surface area contributed by atoms with Crippen molar-refractivity contribution in [1.82, 2.24) is 4.98 Å². The van der Waals surface area contributed by atoms with Gasteiger partial charge in [0.25, 0.3) is 0 Å². The zero-order valence-electron chi connectivity index (χ0n) is 15.5. The summed E-state index contributed by atoms with van der Waals surface area (Å²) in [6.07, 6.45) is 4.07. The van der Waals surface area contributed by atoms with Crippen molar-refractivity contribution in [3.05, 3.63) is 46.5 Å². The molecule has 1 aromatic carbocycles. The normalized spacial score (nSPS) is 14.1. The van der Waals surface area contributed by atoms with Gasteiger partial charge in [0.2, 0.25) is 5.52 Å². The largest absolute Gasteiger partial charge is 0.618 e. The van der Waals surface area contributed by atoms with Gasteiger partial charge in [-0.3, -0.25) is 4.98 Å². The molecule has 138 valence electrons. The third-order valence-electron chi connectivity index (χ3n) is 4.41. The summed E-state index contributed by atoms with van der Waals surface area (Å²) < 4.78 is 6.76. The first-order valence-corrected chi connectivity index (χ1v) is 9.08. The highest BCUT2D eigenvalue weighted by atomic mass is 35.5. The Kier molecular flexibility index (Phi) is 4.95. The lowest BCUT2D eigenvalue weighted by atomic mass is 9.93. The van der Waals surface area contributed by atoms with E-state index in [2.05, 4.69) is 18.8 Å². The predicted molar refractivity (Wildman–Crippen MR) is 105 cm³/mol. The standard InChI is InChI=1S/C20H24ClN3O2/c1-12(2)9-20(4,22)11-26-18-7-14-10-24(25)19-13(3)23-6-5-15(19)16(14)8-17(18)21/h5-8,10,12H,9,11,22H2,1-4H3. The van der Waals surface area contributed by atoms with E-state index in [1.807, 2.05) is 26.0 Å². The zero-order valence-corrected chi connectivity index (χ0v) is 16.3. The van der Waals surface area contributed by atoms with Crippen LogP contribution in [0, 0.1) is 18.0 Å². The minimum absolute atomic E-state index is 0.352. The molecule has 0 aliphatic carbocycles. The van der Waals surface area contributed by atoms with Crippen LogP contribution in [0.5, 0.6) is 5.75 Å². The van der Waals surface area contributed by atoms with Crippen molar-refractivity contribution in [1.29, 1.82) is 0 Å². The molecule has 2 N–H and O–H groups in total. The number of benzene rings is 1. The topological polar surface area (TPSA) is 75.1 Å². The average molecular weight is 374 g/mol. The molecule has 1 unspecified atom stereocenters. The van der Waals surface area contributed by atoms with Crippen LogP contribution in [0.2, 0.25) is 5.02 Å². The molecular weight excluding hydrogens is 350 g/mol. The Morgan fingerprint density at radius 3 is 2.77 bits per heavy atom. The van der Waals surface area contributed by atoms with E-state index in [1.165, 1.54) is 6.20 Å². The molecule has 0 spiro atoms. The summed E-state index contributed by atoms with van der Waals surface area (Å²) in [5.41, 5.74) is 7.10. The first-order valence-electron chi connectivity index (χ1n) is 8.70. The Morgan fingerprint density at radius 2 is 2.08 bits per heavy atom. The minimum atomic E-state index is -0.447. The molecule has 6 heteroatoms. The lowest BCUT2D eigenvalue weighted by Crippen LogP contribution is -2.43. The maximum Gasteiger partial charge on any atom is 0.245 e. The van der Waals surface area contributed by atoms with Crippen molar-refractivity contribution in [2.75, 3.05) is 6.61 Å². The third-order valence-corrected chi connectivity index (χ3v) is 4.71. The van der Waals surface area contributed by atoms with Crippen LogP contribution in [0.25, 0.3) is 21.7 Å². The van der Waals surface area contributed by atoms with E-state index in [9.17, 15) is 5.21 Å². The Balaban J connectivity index is 2.02. The summed E-state index contributed by atoms with van der Waals surface area (Å²) in [4.78, 5) is 4.20. The van der Waals surface area contributed by atoms with Crippen LogP contribution in [-0.2, 0) is 0 Å². The number of pyridine rings is 2. The van der Waals surface area contributed by atoms with E-state index in [4.69, 9.17) is 22.1 Å². The number of nitrogens with zero attached hydrogens (tertiary/aromatic N) is 2. The maximum absolute atomic E-state index is 12.4. The first-order chi connectivity index (χ1) is 12.2. The molecule has 0 radical (unpaired) electrons. The van der Waals surface area contributed by atoms with Crippen LogP contribution < -0.4 is 15.2 Å². The molecular formula is C20H24ClN3O2. The van der Waals surface area contributed by atoms with Gasteiger partial charge in [0.05, 0.1) is 15.8 Å². The van der Waals surface area contributed by atoms with Gasteiger partial charge in [0.15, 0.2) is 6.20 Å². The number of halogens is 1. The number of hydrogen-bond acceptors (Lipinski definition) is 4. The van der Waals surface area contributed by atoms with Gasteiger partial charge in [-0.1, -0.05) is 25.4 Å². The van der Waals surface area contributed by atoms with Gasteiger partial charge >= 0.3 is 0 Å². The first kappa shape index (κ1) is 18.7. The molecule has 0 aliphatic heterocycles. The fourth-order valence-corrected chi connectivity index (χ4v) is 3.72. The van der Waals surface area contributed by atoms with E-state index in [-0.39, 0.29) is 0 Å². The van der Waals surface area contributed by atoms with Crippen molar-refractivity contribution in [3.8, 4) is 5.75 Å². The van der Waals surface area contributed by atoms with Crippen LogP contribution in [-0.4, -0.2) is 17.1 Å². The number of aromatic nitrogens is 2. The third kappa shape index (κ3) is 3.69. The Morgan fingerprint density at radius 1 is 1.35 bits per heavy atom. The van der Waals surface area contributed by atoms with Gasteiger partial charge in [-0.05, 0) is 44.4 Å². The van der Waals surface area contributed by atoms with Crippen LogP contribution >= 0.6 is 11.6 Å². The summed E-state index contributed by atoms with van der Waals surface area (Å²) in [6.45, 7) is 8.39. The summed E-state index contributed by atoms with van der Waals surface area (Å²) in [5, 5.41) is 15.4. The second-order valence-electron chi connectivity index (χ2n) is 7.66. The molecule has 26 heavy (non-hydrogen) atoms. The van der Waals surface area contributed by atoms with Gasteiger partial charge in [-0.25, -0.2) is 0 Å². The molecule has 1 atom stereocenters. The number of nitrogens with two attached hydrogens (primary N) is 1. The van der Waals surface area contributed by atoms with E-state index >= 15 is 0 Å². The second-order valence-corrected chi connectivity index (χ2v) is 8.07. The van der Waals surface area contributed by atoms with E-state index in [0.717, 1.165) is 27.3 Å². The van der Waals surface area contributed by atoms with Crippen molar-refractivity contribution in [3.63, 3.8) is 0 Å². The molecule has 0 aliphatic rings. The summed E-state index contributed by atoms with van der Waals surface area (Å²) in [6, 6.07) is 5.46. The van der Waals surface area contributed by atoms with Crippen molar-refractivity contribution >= 4 is 33.3 Å². The second kappa shape index (κ2) is 6.89. The van der Waals surface area contributed by atoms with E-state index in [0.29, 0.717) is 34.5 Å². The van der Waals surface area contributed by atoms with E-state index < -0.39 is 5.54 Å². The summed E-state index contributed by atoms with van der Waals surface area (Å²) in [7, 11) is 0. The highest BCUT2D eigenvalue weighted by molar-refractivity contribution is 6.33. The Hall–Kier alpha value is -2.11. The molecule has 3 aromatic rings. The van der Waals surface area contributed by atoms with Crippen molar-refractivity contribution in [2.45, 2.75) is 39.7 Å². The number of rotatable bonds is 5. The van der Waals surface area contributed by atoms with Crippen molar-refractivity contribution < 1.29 is 9.47 Å². The van der Waals surface area contributed by atoms with Gasteiger partial charge in [0.1, 0.15) is 18.1 Å². The number of aryl methyl sites for hydroxylation is 1. The fourth-order valence-electron chi connectivity index (χ4n) is 3.50. The molecule has 5 nitrogen and oxygen atoms in total. The molecule has 2 aromatic heterocycles. The monoisotopic (exact) mass is 373 g/mol. The minimum Gasteiger partial charge on any atom is -0.618 e. The SMILES string of the molecule is Cc1nccc2c3cc(Cl)c(OCC(C)(N)CC(C)C)cc3c[n+]([O-])c12. The fraction of sp³-hybridized carbons (Fsp3) is 0.400. The molecule has 0 saturated heterocycles. The van der Waals surface area contributed by atoms with E-state index in [1.54, 1.807) is 12.3 Å². The Labute approximate surface area is 158 Å². The maximum atomic E-state index is 12.4. The molecule has 3 rings (SSSR count). The number of ether oxygens (including phenoxy) is 1. The average Bonchev–Trinajstić information content (AvgIpc) is 2.52. The smallest absolute Gasteiger partial charge is 0.245 e. The van der Waals surface area contributed by atoms with Gasteiger partial charge in [0, 0.05) is 17.1 Å². The molecule has 0 saturated carbocycles. The lowest BCUT2D eigenvalue weighted by molar-refractivity contribution is -0.575. The zero-order chi connectivity index (χ0) is 19.1. The highest BCUT2D eigenvalue weighted by Crippen LogP contribution is 2.33. The van der Waals surface area contributed by atoms with Crippen LogP contribution in [0.3, 0.4) is 0 Å². The highest BCUT2D eigenvalue weighted by Gasteiger charge is 2.22. The Bertz CT molecular complexity index is 970. The van der Waals surface area contributed by atoms with Gasteiger partial charge in [-0.15, -0.1) is 0 Å². The van der Waals surface area contributed by atoms with Gasteiger partial charge in [-0.2, -0.15) is 4.73 Å². The molecule has 2 heterocycles. The van der Waals surface area contributed by atoms with Gasteiger partial charge < -0.3 is 15.7 Å². The van der Waals surface area contributed by atoms with Crippen LogP contribution in [0.4, 0.5) is 0 Å². The molecule has 0 amide bonds. The molecule has 0 bridgehead atoms. The number of hydrogen-bond donors (Lipinski definition) is 1. The number of fused-ring (bicyclic) bond motifs is 3. The van der Waals surface area contributed by atoms with Crippen molar-refractivity contribution in [2.24, 2.45) is 11.7 Å². The summed E-state index contributed by atoms with van der Waals surface area (Å²) >= 11 is 6.45. The van der Waals surface area contributed by atoms with Crippen LogP contribution in [0.1, 0.15) is 32.9 Å². The summed E-state index contributed by atoms with van der Waals surface area (Å²) in [5.74, 6) is 1.01. The molecule has 0 fully saturated rings. The quantitative estimate of drug-likeness (QED) is 0.414. The predicted octanol–water partition coefficient (Wildman–Crippen LogP) is 4.13. The lowest BCUT2D eigenvalue weighted by Gasteiger charge is -2.27. The van der Waals surface area contributed by atoms with Crippen LogP contribution in [0.15, 0.2) is 30.6 Å².